The third-order valence-corrected chi connectivity index (χ3v) is 3.73. The van der Waals surface area contributed by atoms with Crippen molar-refractivity contribution in [2.75, 3.05) is 17.2 Å². The van der Waals surface area contributed by atoms with Crippen molar-refractivity contribution in [2.45, 2.75) is 33.2 Å². The fourth-order valence-electron chi connectivity index (χ4n) is 1.88. The second-order valence-corrected chi connectivity index (χ2v) is 5.29. The van der Waals surface area contributed by atoms with Gasteiger partial charge in [0.1, 0.15) is 18.0 Å². The highest BCUT2D eigenvalue weighted by molar-refractivity contribution is 7.09. The van der Waals surface area contributed by atoms with Gasteiger partial charge in [-0.25, -0.2) is 9.97 Å². The normalized spacial score (nSPS) is 10.4. The molecule has 0 atom stereocenters. The lowest BCUT2D eigenvalue weighted by molar-refractivity contribution is 0.945. The molecular weight excluding hydrogens is 256 g/mol. The molecule has 4 nitrogen and oxygen atoms in total. The Kier molecular flexibility index (Phi) is 5.15. The molecular formula is C14H20N4S. The summed E-state index contributed by atoms with van der Waals surface area (Å²) in [5.74, 6) is 1.89. The van der Waals surface area contributed by atoms with Crippen LogP contribution < -0.4 is 10.6 Å². The van der Waals surface area contributed by atoms with Crippen LogP contribution in [0.1, 0.15) is 30.7 Å². The van der Waals surface area contributed by atoms with Crippen molar-refractivity contribution in [1.29, 1.82) is 0 Å². The summed E-state index contributed by atoms with van der Waals surface area (Å²) in [6.45, 7) is 6.03. The molecule has 2 aromatic heterocycles. The number of anilines is 2. The van der Waals surface area contributed by atoms with E-state index in [1.54, 1.807) is 17.7 Å². The van der Waals surface area contributed by atoms with Crippen LogP contribution in [0.3, 0.4) is 0 Å². The molecule has 0 unspecified atom stereocenters. The Labute approximate surface area is 118 Å². The molecule has 0 saturated carbocycles. The first-order chi connectivity index (χ1) is 9.35. The second kappa shape index (κ2) is 7.09. The van der Waals surface area contributed by atoms with Crippen LogP contribution in [0.2, 0.25) is 0 Å². The van der Waals surface area contributed by atoms with Crippen LogP contribution in [0.4, 0.5) is 11.6 Å². The average molecular weight is 276 g/mol. The van der Waals surface area contributed by atoms with E-state index >= 15 is 0 Å². The summed E-state index contributed by atoms with van der Waals surface area (Å²) in [5.41, 5.74) is 1.16. The molecule has 0 amide bonds. The molecule has 0 aliphatic carbocycles. The van der Waals surface area contributed by atoms with Crippen molar-refractivity contribution in [3.63, 3.8) is 0 Å². The summed E-state index contributed by atoms with van der Waals surface area (Å²) < 4.78 is 0. The van der Waals surface area contributed by atoms with E-state index in [0.29, 0.717) is 0 Å². The Morgan fingerprint density at radius 1 is 1.16 bits per heavy atom. The first kappa shape index (κ1) is 13.8. The van der Waals surface area contributed by atoms with E-state index in [1.807, 2.05) is 0 Å². The Morgan fingerprint density at radius 3 is 2.58 bits per heavy atom. The maximum absolute atomic E-state index is 4.36. The lowest BCUT2D eigenvalue weighted by Crippen LogP contribution is -2.10. The number of hydrogen-bond donors (Lipinski definition) is 2. The number of rotatable bonds is 7. The highest BCUT2D eigenvalue weighted by Crippen LogP contribution is 2.21. The van der Waals surface area contributed by atoms with E-state index < -0.39 is 0 Å². The van der Waals surface area contributed by atoms with Gasteiger partial charge in [0.25, 0.3) is 0 Å². The van der Waals surface area contributed by atoms with Crippen LogP contribution in [0, 0.1) is 0 Å². The third kappa shape index (κ3) is 3.67. The van der Waals surface area contributed by atoms with Crippen LogP contribution in [0.5, 0.6) is 0 Å². The van der Waals surface area contributed by atoms with Crippen molar-refractivity contribution >= 4 is 23.0 Å². The molecule has 0 radical (unpaired) electrons. The standard InChI is InChI=1S/C14H20N4S/c1-3-7-15-13-12(4-2)14(18-10-17-13)16-9-11-6-5-8-19-11/h5-6,8,10H,3-4,7,9H2,1-2H3,(H2,15,16,17,18). The predicted molar refractivity (Wildman–Crippen MR) is 81.8 cm³/mol. The van der Waals surface area contributed by atoms with E-state index in [0.717, 1.165) is 43.1 Å². The first-order valence-corrected chi connectivity index (χ1v) is 7.57. The molecule has 2 aromatic rings. The zero-order valence-corrected chi connectivity index (χ0v) is 12.3. The molecule has 5 heteroatoms. The largest absolute Gasteiger partial charge is 0.370 e. The highest BCUT2D eigenvalue weighted by atomic mass is 32.1. The maximum Gasteiger partial charge on any atom is 0.135 e. The van der Waals surface area contributed by atoms with Crippen LogP contribution >= 0.6 is 11.3 Å². The smallest absolute Gasteiger partial charge is 0.135 e. The van der Waals surface area contributed by atoms with E-state index in [4.69, 9.17) is 0 Å². The van der Waals surface area contributed by atoms with Crippen molar-refractivity contribution in [2.24, 2.45) is 0 Å². The zero-order valence-electron chi connectivity index (χ0n) is 11.4. The molecule has 0 aliphatic rings. The minimum absolute atomic E-state index is 0.814. The lowest BCUT2D eigenvalue weighted by atomic mass is 10.2. The summed E-state index contributed by atoms with van der Waals surface area (Å²) in [5, 5.41) is 8.85. The van der Waals surface area contributed by atoms with Crippen LogP contribution in [0.25, 0.3) is 0 Å². The van der Waals surface area contributed by atoms with Crippen LogP contribution in [-0.4, -0.2) is 16.5 Å². The SMILES string of the molecule is CCCNc1ncnc(NCc2cccs2)c1CC. The van der Waals surface area contributed by atoms with Gasteiger partial charge in [0, 0.05) is 17.0 Å². The van der Waals surface area contributed by atoms with Crippen molar-refractivity contribution in [3.05, 3.63) is 34.3 Å². The number of nitrogens with zero attached hydrogens (tertiary/aromatic N) is 2. The Bertz CT molecular complexity index is 496. The summed E-state index contributed by atoms with van der Waals surface area (Å²) >= 11 is 1.75. The molecule has 0 aliphatic heterocycles. The van der Waals surface area contributed by atoms with Crippen molar-refractivity contribution in [3.8, 4) is 0 Å². The van der Waals surface area contributed by atoms with Crippen molar-refractivity contribution in [1.82, 2.24) is 9.97 Å². The van der Waals surface area contributed by atoms with Gasteiger partial charge >= 0.3 is 0 Å². The highest BCUT2D eigenvalue weighted by Gasteiger charge is 2.09. The molecule has 0 aromatic carbocycles. The quantitative estimate of drug-likeness (QED) is 0.812. The minimum Gasteiger partial charge on any atom is -0.370 e. The first-order valence-electron chi connectivity index (χ1n) is 6.69. The van der Waals surface area contributed by atoms with E-state index in [1.165, 1.54) is 4.88 Å². The van der Waals surface area contributed by atoms with Gasteiger partial charge in [-0.05, 0) is 24.3 Å². The average Bonchev–Trinajstić information content (AvgIpc) is 2.96. The van der Waals surface area contributed by atoms with Crippen molar-refractivity contribution < 1.29 is 0 Å². The monoisotopic (exact) mass is 276 g/mol. The Morgan fingerprint density at radius 2 is 1.95 bits per heavy atom. The van der Waals surface area contributed by atoms with E-state index in [-0.39, 0.29) is 0 Å². The van der Waals surface area contributed by atoms with Gasteiger partial charge in [-0.1, -0.05) is 19.9 Å². The summed E-state index contributed by atoms with van der Waals surface area (Å²) in [4.78, 5) is 10.0. The zero-order chi connectivity index (χ0) is 13.5. The molecule has 0 saturated heterocycles. The summed E-state index contributed by atoms with van der Waals surface area (Å²) in [7, 11) is 0. The molecule has 102 valence electrons. The minimum atomic E-state index is 0.814. The van der Waals surface area contributed by atoms with Gasteiger partial charge < -0.3 is 10.6 Å². The summed E-state index contributed by atoms with van der Waals surface area (Å²) in [6, 6.07) is 4.19. The third-order valence-electron chi connectivity index (χ3n) is 2.85. The summed E-state index contributed by atoms with van der Waals surface area (Å²) in [6.07, 6.45) is 3.62. The van der Waals surface area contributed by atoms with Gasteiger partial charge in [-0.15, -0.1) is 11.3 Å². The Hall–Kier alpha value is -1.62. The molecule has 0 spiro atoms. The van der Waals surface area contributed by atoms with Gasteiger partial charge in [-0.3, -0.25) is 0 Å². The van der Waals surface area contributed by atoms with Gasteiger partial charge in [0.15, 0.2) is 0 Å². The lowest BCUT2D eigenvalue weighted by Gasteiger charge is -2.13. The van der Waals surface area contributed by atoms with E-state index in [9.17, 15) is 0 Å². The van der Waals surface area contributed by atoms with Gasteiger partial charge in [0.05, 0.1) is 6.54 Å². The molecule has 2 rings (SSSR count). The molecule has 2 heterocycles. The molecule has 19 heavy (non-hydrogen) atoms. The Balaban J connectivity index is 2.10. The fraction of sp³-hybridized carbons (Fsp3) is 0.429. The number of thiophene rings is 1. The molecule has 0 fully saturated rings. The van der Waals surface area contributed by atoms with Gasteiger partial charge in [0.2, 0.25) is 0 Å². The number of aromatic nitrogens is 2. The molecule has 0 bridgehead atoms. The predicted octanol–water partition coefficient (Wildman–Crippen LogP) is 3.53. The fourth-order valence-corrected chi connectivity index (χ4v) is 2.52. The van der Waals surface area contributed by atoms with Crippen LogP contribution in [0.15, 0.2) is 23.8 Å². The van der Waals surface area contributed by atoms with Gasteiger partial charge in [-0.2, -0.15) is 0 Å². The second-order valence-electron chi connectivity index (χ2n) is 4.26. The maximum atomic E-state index is 4.36. The molecule has 2 N–H and O–H groups in total. The number of nitrogens with one attached hydrogen (secondary N) is 2. The van der Waals surface area contributed by atoms with Crippen LogP contribution in [-0.2, 0) is 13.0 Å². The number of hydrogen-bond acceptors (Lipinski definition) is 5. The topological polar surface area (TPSA) is 49.8 Å². The van der Waals surface area contributed by atoms with E-state index in [2.05, 4.69) is 52.0 Å².